The van der Waals surface area contributed by atoms with Crippen LogP contribution in [0.1, 0.15) is 12.8 Å². The van der Waals surface area contributed by atoms with Crippen LogP contribution in [0, 0.1) is 0 Å². The Morgan fingerprint density at radius 1 is 1.24 bits per heavy atom. The smallest absolute Gasteiger partial charge is 0.139 e. The molecule has 0 radical (unpaired) electrons. The zero-order chi connectivity index (χ0) is 14.1. The molecule has 0 amide bonds. The van der Waals surface area contributed by atoms with Gasteiger partial charge in [0.15, 0.2) is 0 Å². The van der Waals surface area contributed by atoms with E-state index in [1.807, 2.05) is 12.1 Å². The van der Waals surface area contributed by atoms with E-state index in [1.54, 1.807) is 6.33 Å². The van der Waals surface area contributed by atoms with Crippen LogP contribution in [-0.2, 0) is 0 Å². The number of hydrogen-bond acceptors (Lipinski definition) is 4. The van der Waals surface area contributed by atoms with Gasteiger partial charge in [-0.1, -0.05) is 15.9 Å². The van der Waals surface area contributed by atoms with Crippen molar-refractivity contribution < 1.29 is 12.4 Å². The molecule has 0 unspecified atom stereocenters. The third-order valence-corrected chi connectivity index (χ3v) is 4.64. The molecule has 1 aliphatic heterocycles. The van der Waals surface area contributed by atoms with Gasteiger partial charge in [-0.25, -0.2) is 9.97 Å². The molecule has 2 aromatic rings. The van der Waals surface area contributed by atoms with Crippen molar-refractivity contribution in [3.63, 3.8) is 0 Å². The van der Waals surface area contributed by atoms with Gasteiger partial charge >= 0.3 is 0 Å². The van der Waals surface area contributed by atoms with Crippen LogP contribution in [0.3, 0.4) is 0 Å². The molecule has 0 N–H and O–H groups in total. The third-order valence-electron chi connectivity index (χ3n) is 4.15. The van der Waals surface area contributed by atoms with Crippen molar-refractivity contribution in [2.75, 3.05) is 32.1 Å². The predicted octanol–water partition coefficient (Wildman–Crippen LogP) is -0.0733. The number of aromatic nitrogens is 2. The zero-order valence-electron chi connectivity index (χ0n) is 12.3. The minimum atomic E-state index is 0. The Morgan fingerprint density at radius 3 is 2.67 bits per heavy atom. The summed E-state index contributed by atoms with van der Waals surface area (Å²) < 4.78 is 1.07. The molecule has 2 heterocycles. The number of benzene rings is 1. The van der Waals surface area contributed by atoms with Crippen molar-refractivity contribution in [1.82, 2.24) is 14.9 Å². The lowest BCUT2D eigenvalue weighted by atomic mass is 10.0. The van der Waals surface area contributed by atoms with Crippen LogP contribution >= 0.6 is 15.9 Å². The molecule has 0 aliphatic carbocycles. The standard InChI is InChI=1S/C15H19BrN4.ClH/c1-19-7-5-12(6-8-19)20(2)15-13-9-11(16)3-4-14(13)17-10-18-15;/h3-4,9-10,12H,5-8H2,1-2H3;1H/p-1. The van der Waals surface area contributed by atoms with Crippen LogP contribution < -0.4 is 17.3 Å². The first-order valence-corrected chi connectivity index (χ1v) is 7.76. The van der Waals surface area contributed by atoms with E-state index in [1.165, 1.54) is 12.8 Å². The Bertz CT molecular complexity index is 614. The number of nitrogens with zero attached hydrogens (tertiary/aromatic N) is 4. The second-order valence-electron chi connectivity index (χ2n) is 5.50. The average molecular weight is 371 g/mol. The van der Waals surface area contributed by atoms with Gasteiger partial charge in [0.1, 0.15) is 12.1 Å². The zero-order valence-corrected chi connectivity index (χ0v) is 14.6. The van der Waals surface area contributed by atoms with Gasteiger partial charge in [-0.2, -0.15) is 0 Å². The van der Waals surface area contributed by atoms with Crippen LogP contribution in [0.25, 0.3) is 10.9 Å². The molecular weight excluding hydrogens is 352 g/mol. The van der Waals surface area contributed by atoms with E-state index in [4.69, 9.17) is 0 Å². The van der Waals surface area contributed by atoms with Crippen LogP contribution in [0.5, 0.6) is 0 Å². The van der Waals surface area contributed by atoms with Crippen molar-refractivity contribution in [2.24, 2.45) is 0 Å². The lowest BCUT2D eigenvalue weighted by Gasteiger charge is -2.36. The maximum atomic E-state index is 4.52. The molecule has 1 fully saturated rings. The summed E-state index contributed by atoms with van der Waals surface area (Å²) in [6.07, 6.45) is 4.04. The van der Waals surface area contributed by atoms with Gasteiger partial charge in [0, 0.05) is 22.9 Å². The summed E-state index contributed by atoms with van der Waals surface area (Å²) in [4.78, 5) is 13.6. The Labute approximate surface area is 140 Å². The molecule has 21 heavy (non-hydrogen) atoms. The molecule has 114 valence electrons. The Kier molecular flexibility index (Phi) is 5.41. The van der Waals surface area contributed by atoms with E-state index in [0.29, 0.717) is 6.04 Å². The van der Waals surface area contributed by atoms with Crippen LogP contribution in [0.15, 0.2) is 29.0 Å². The minimum absolute atomic E-state index is 0. The van der Waals surface area contributed by atoms with Crippen LogP contribution in [0.4, 0.5) is 5.82 Å². The van der Waals surface area contributed by atoms with Crippen LogP contribution in [-0.4, -0.2) is 48.1 Å². The average Bonchev–Trinajstić information content (AvgIpc) is 2.46. The maximum Gasteiger partial charge on any atom is 0.139 e. The first kappa shape index (κ1) is 16.5. The topological polar surface area (TPSA) is 32.3 Å². The van der Waals surface area contributed by atoms with Gasteiger partial charge in [-0.05, 0) is 51.2 Å². The van der Waals surface area contributed by atoms with Gasteiger partial charge in [0.2, 0.25) is 0 Å². The lowest BCUT2D eigenvalue weighted by Crippen LogP contribution is -3.00. The summed E-state index contributed by atoms with van der Waals surface area (Å²) in [6.45, 7) is 2.31. The van der Waals surface area contributed by atoms with Gasteiger partial charge in [-0.15, -0.1) is 0 Å². The molecular formula is C15H19BrClN4-. The molecule has 1 aromatic heterocycles. The SMILES string of the molecule is CN1CCC(N(C)c2ncnc3ccc(Br)cc23)CC1.[Cl-]. The fourth-order valence-electron chi connectivity index (χ4n) is 2.85. The number of likely N-dealkylation sites (tertiary alicyclic amines) is 1. The van der Waals surface area contributed by atoms with E-state index in [-0.39, 0.29) is 12.4 Å². The van der Waals surface area contributed by atoms with E-state index >= 15 is 0 Å². The highest BCUT2D eigenvalue weighted by Crippen LogP contribution is 2.28. The molecule has 1 aliphatic rings. The van der Waals surface area contributed by atoms with E-state index in [0.717, 1.165) is 34.3 Å². The summed E-state index contributed by atoms with van der Waals surface area (Å²) in [5.74, 6) is 1.03. The Hall–Kier alpha value is -0.910. The molecule has 3 rings (SSSR count). The monoisotopic (exact) mass is 369 g/mol. The number of fused-ring (bicyclic) bond motifs is 1. The van der Waals surface area contributed by atoms with E-state index in [9.17, 15) is 0 Å². The number of hydrogen-bond donors (Lipinski definition) is 0. The van der Waals surface area contributed by atoms with Crippen molar-refractivity contribution in [3.05, 3.63) is 29.0 Å². The molecule has 0 spiro atoms. The fourth-order valence-corrected chi connectivity index (χ4v) is 3.21. The fraction of sp³-hybridized carbons (Fsp3) is 0.467. The Balaban J connectivity index is 0.00000161. The molecule has 0 atom stereocenters. The van der Waals surface area contributed by atoms with Gasteiger partial charge in [0.25, 0.3) is 0 Å². The first-order valence-electron chi connectivity index (χ1n) is 6.97. The normalized spacial score (nSPS) is 16.7. The summed E-state index contributed by atoms with van der Waals surface area (Å²) in [5.41, 5.74) is 0.998. The molecule has 4 nitrogen and oxygen atoms in total. The number of piperidine rings is 1. The number of anilines is 1. The summed E-state index contributed by atoms with van der Waals surface area (Å²) in [6, 6.07) is 6.72. The van der Waals surface area contributed by atoms with Gasteiger partial charge < -0.3 is 22.2 Å². The molecule has 6 heteroatoms. The largest absolute Gasteiger partial charge is 1.00 e. The Morgan fingerprint density at radius 2 is 1.95 bits per heavy atom. The van der Waals surface area contributed by atoms with E-state index < -0.39 is 0 Å². The van der Waals surface area contributed by atoms with Crippen molar-refractivity contribution >= 4 is 32.7 Å². The highest BCUT2D eigenvalue weighted by molar-refractivity contribution is 9.10. The maximum absolute atomic E-state index is 4.52. The van der Waals surface area contributed by atoms with E-state index in [2.05, 4.69) is 55.9 Å². The lowest BCUT2D eigenvalue weighted by molar-refractivity contribution is -0.00000411. The van der Waals surface area contributed by atoms with Crippen molar-refractivity contribution in [3.8, 4) is 0 Å². The second-order valence-corrected chi connectivity index (χ2v) is 6.42. The molecule has 0 saturated carbocycles. The van der Waals surface area contributed by atoms with Crippen molar-refractivity contribution in [1.29, 1.82) is 0 Å². The molecule has 0 bridgehead atoms. The predicted molar refractivity (Wildman–Crippen MR) is 86.2 cm³/mol. The quantitative estimate of drug-likeness (QED) is 0.741. The molecule has 1 saturated heterocycles. The third kappa shape index (κ3) is 3.47. The summed E-state index contributed by atoms with van der Waals surface area (Å²) in [7, 11) is 4.34. The number of rotatable bonds is 2. The summed E-state index contributed by atoms with van der Waals surface area (Å²) in [5, 5.41) is 1.11. The first-order chi connectivity index (χ1) is 9.65. The number of halogens is 2. The molecule has 1 aromatic carbocycles. The van der Waals surface area contributed by atoms with Crippen molar-refractivity contribution in [2.45, 2.75) is 18.9 Å². The summed E-state index contributed by atoms with van der Waals surface area (Å²) >= 11 is 3.54. The van der Waals surface area contributed by atoms with Gasteiger partial charge in [-0.3, -0.25) is 0 Å². The highest BCUT2D eigenvalue weighted by atomic mass is 79.9. The van der Waals surface area contributed by atoms with Crippen LogP contribution in [0.2, 0.25) is 0 Å². The van der Waals surface area contributed by atoms with Gasteiger partial charge in [0.05, 0.1) is 5.52 Å². The second kappa shape index (κ2) is 6.90. The highest BCUT2D eigenvalue weighted by Gasteiger charge is 2.22. The minimum Gasteiger partial charge on any atom is -1.00 e.